The number of hydrogen-bond donors (Lipinski definition) is 1. The topological polar surface area (TPSA) is 42.2 Å². The predicted octanol–water partition coefficient (Wildman–Crippen LogP) is 2.45. The van der Waals surface area contributed by atoms with Gasteiger partial charge >= 0.3 is 0 Å². The van der Waals surface area contributed by atoms with Gasteiger partial charge in [0.15, 0.2) is 0 Å². The van der Waals surface area contributed by atoms with Crippen LogP contribution in [0.4, 0.5) is 4.39 Å². The maximum atomic E-state index is 13.0. The lowest BCUT2D eigenvalue weighted by Crippen LogP contribution is -2.22. The number of hydrogen-bond acceptors (Lipinski definition) is 2. The Morgan fingerprint density at radius 1 is 1.32 bits per heavy atom. The number of nitrogens with one attached hydrogen (secondary N) is 1. The number of rotatable bonds is 4. The average molecular weight is 319 g/mol. The lowest BCUT2D eigenvalue weighted by molar-refractivity contribution is 0.544. The van der Waals surface area contributed by atoms with Crippen molar-refractivity contribution in [1.29, 1.82) is 0 Å². The van der Waals surface area contributed by atoms with Gasteiger partial charge in [-0.15, -0.1) is 0 Å². The van der Waals surface area contributed by atoms with Crippen LogP contribution in [-0.2, 0) is 11.0 Å². The predicted molar refractivity (Wildman–Crippen MR) is 88.9 cm³/mol. The van der Waals surface area contributed by atoms with Crippen molar-refractivity contribution < 1.29 is 13.0 Å². The Balaban J connectivity index is 2.47. The van der Waals surface area contributed by atoms with Gasteiger partial charge < -0.3 is 9.14 Å². The molecule has 1 N–H and O–H groups in total. The quantitative estimate of drug-likeness (QED) is 0.940. The van der Waals surface area contributed by atoms with Gasteiger partial charge in [0.05, 0.1) is 0 Å². The van der Waals surface area contributed by atoms with Gasteiger partial charge in [-0.05, 0) is 44.2 Å². The van der Waals surface area contributed by atoms with Crippen molar-refractivity contribution in [2.45, 2.75) is 13.8 Å². The summed E-state index contributed by atoms with van der Waals surface area (Å²) in [4.78, 5) is 0. The zero-order valence-electron chi connectivity index (χ0n) is 12.8. The molecule has 1 aromatic carbocycles. The van der Waals surface area contributed by atoms with E-state index in [1.54, 1.807) is 30.5 Å². The number of allylic oxidation sites excluding steroid dienone is 2. The summed E-state index contributed by atoms with van der Waals surface area (Å²) in [6, 6.07) is 7.86. The first-order valence-electron chi connectivity index (χ1n) is 6.71. The molecule has 116 valence electrons. The third kappa shape index (κ3) is 3.95. The second-order valence-corrected chi connectivity index (χ2v) is 6.23. The highest BCUT2D eigenvalue weighted by atomic mass is 32.2. The van der Waals surface area contributed by atoms with Crippen LogP contribution in [0.25, 0.3) is 24.0 Å². The van der Waals surface area contributed by atoms with E-state index >= 15 is 0 Å². The Labute approximate surface area is 131 Å². The van der Waals surface area contributed by atoms with E-state index in [1.165, 1.54) is 12.1 Å². The zero-order chi connectivity index (χ0) is 16.3. The van der Waals surface area contributed by atoms with Crippen LogP contribution in [0.2, 0.25) is 0 Å². The van der Waals surface area contributed by atoms with Crippen LogP contribution in [0, 0.1) is 5.82 Å². The van der Waals surface area contributed by atoms with Gasteiger partial charge in [0.1, 0.15) is 28.0 Å². The van der Waals surface area contributed by atoms with Crippen LogP contribution in [0.5, 0.6) is 0 Å². The molecule has 0 amide bonds. The van der Waals surface area contributed by atoms with Crippen LogP contribution in [0.1, 0.15) is 13.8 Å². The number of benzene rings is 1. The fraction of sp³-hybridized carbons (Fsp3) is 0.176. The third-order valence-electron chi connectivity index (χ3n) is 3.04. The van der Waals surface area contributed by atoms with Crippen molar-refractivity contribution in [3.05, 3.63) is 58.1 Å². The molecule has 1 atom stereocenters. The molecule has 3 nitrogen and oxygen atoms in total. The summed E-state index contributed by atoms with van der Waals surface area (Å²) < 4.78 is 33.0. The molecule has 1 unspecified atom stereocenters. The maximum Gasteiger partial charge on any atom is 0.136 e. The summed E-state index contributed by atoms with van der Waals surface area (Å²) in [5, 5.41) is 0.710. The Morgan fingerprint density at radius 2 is 1.95 bits per heavy atom. The minimum Gasteiger partial charge on any atom is -0.456 e. The highest BCUT2D eigenvalue weighted by Crippen LogP contribution is 2.16. The van der Waals surface area contributed by atoms with Crippen molar-refractivity contribution in [2.75, 3.05) is 6.26 Å². The standard InChI is InChI=1S/C17H18FNO2S/c1-11(2)15(19-22(4)20)10-16-12(3)9-17(21-16)13-5-7-14(18)8-6-13/h5-10,19H,3H2,1-2,4H3/b16-10+. The molecule has 2 aromatic rings. The zero-order valence-corrected chi connectivity index (χ0v) is 13.6. The van der Waals surface area contributed by atoms with Crippen molar-refractivity contribution >= 4 is 23.6 Å². The fourth-order valence-electron chi connectivity index (χ4n) is 1.88. The minimum atomic E-state index is -1.17. The number of furan rings is 1. The van der Waals surface area contributed by atoms with Gasteiger partial charge in [0.25, 0.3) is 0 Å². The third-order valence-corrected chi connectivity index (χ3v) is 3.55. The average Bonchev–Trinajstić information content (AvgIpc) is 2.79. The number of halogens is 1. The first kappa shape index (κ1) is 16.2. The summed E-state index contributed by atoms with van der Waals surface area (Å²) >= 11 is 0. The molecular formula is C17H18FNO2S. The Hall–Kier alpha value is -2.14. The summed E-state index contributed by atoms with van der Waals surface area (Å²) in [6.45, 7) is 7.78. The molecule has 2 rings (SSSR count). The summed E-state index contributed by atoms with van der Waals surface area (Å²) in [5.41, 5.74) is 3.06. The summed E-state index contributed by atoms with van der Waals surface area (Å²) in [7, 11) is -1.17. The minimum absolute atomic E-state index is 0.293. The van der Waals surface area contributed by atoms with Gasteiger partial charge in [-0.25, -0.2) is 8.60 Å². The smallest absolute Gasteiger partial charge is 0.136 e. The second-order valence-electron chi connectivity index (χ2n) is 5.12. The first-order valence-corrected chi connectivity index (χ1v) is 8.26. The van der Waals surface area contributed by atoms with Crippen LogP contribution in [-0.4, -0.2) is 10.5 Å². The van der Waals surface area contributed by atoms with E-state index in [-0.39, 0.29) is 5.82 Å². The highest BCUT2D eigenvalue weighted by molar-refractivity contribution is 7.82. The summed E-state index contributed by atoms with van der Waals surface area (Å²) in [6.07, 6.45) is 3.33. The lowest BCUT2D eigenvalue weighted by atomic mass is 10.2. The van der Waals surface area contributed by atoms with Crippen LogP contribution in [0.15, 0.2) is 46.0 Å². The van der Waals surface area contributed by atoms with Gasteiger partial charge in [0.2, 0.25) is 0 Å². The normalized spacial score (nSPS) is 13.0. The van der Waals surface area contributed by atoms with E-state index in [4.69, 9.17) is 4.42 Å². The maximum absolute atomic E-state index is 13.0. The van der Waals surface area contributed by atoms with E-state index in [1.807, 2.05) is 13.8 Å². The molecule has 0 radical (unpaired) electrons. The van der Waals surface area contributed by atoms with Crippen molar-refractivity contribution in [3.63, 3.8) is 0 Å². The van der Waals surface area contributed by atoms with Crippen LogP contribution in [0.3, 0.4) is 0 Å². The SMILES string of the molecule is C=c1cc(-c2ccc(F)cc2)o/c1=C/C(NS(C)=O)=C(C)C. The van der Waals surface area contributed by atoms with Gasteiger partial charge in [-0.3, -0.25) is 0 Å². The van der Waals surface area contributed by atoms with Crippen molar-refractivity contribution in [2.24, 2.45) is 0 Å². The molecule has 0 saturated heterocycles. The monoisotopic (exact) mass is 319 g/mol. The van der Waals surface area contributed by atoms with Crippen LogP contribution >= 0.6 is 0 Å². The highest BCUT2D eigenvalue weighted by Gasteiger charge is 2.05. The van der Waals surface area contributed by atoms with E-state index in [0.717, 1.165) is 16.8 Å². The molecule has 0 fully saturated rings. The molecule has 1 aromatic heterocycles. The largest absolute Gasteiger partial charge is 0.456 e. The first-order chi connectivity index (χ1) is 10.4. The van der Waals surface area contributed by atoms with E-state index in [2.05, 4.69) is 11.3 Å². The molecule has 0 bridgehead atoms. The van der Waals surface area contributed by atoms with Crippen molar-refractivity contribution in [3.8, 4) is 11.3 Å². The molecule has 22 heavy (non-hydrogen) atoms. The van der Waals surface area contributed by atoms with Gasteiger partial charge in [0, 0.05) is 28.8 Å². The molecule has 0 aliphatic carbocycles. The Bertz CT molecular complexity index is 831. The Morgan fingerprint density at radius 3 is 2.50 bits per heavy atom. The van der Waals surface area contributed by atoms with E-state index in [9.17, 15) is 8.60 Å². The molecule has 5 heteroatoms. The van der Waals surface area contributed by atoms with Gasteiger partial charge in [-0.1, -0.05) is 12.2 Å². The van der Waals surface area contributed by atoms with E-state index in [0.29, 0.717) is 16.4 Å². The van der Waals surface area contributed by atoms with E-state index < -0.39 is 11.0 Å². The molecular weight excluding hydrogens is 301 g/mol. The molecule has 0 aliphatic heterocycles. The molecule has 1 heterocycles. The second kappa shape index (κ2) is 6.75. The van der Waals surface area contributed by atoms with Crippen molar-refractivity contribution in [1.82, 2.24) is 4.72 Å². The Kier molecular flexibility index (Phi) is 4.98. The molecule has 0 aliphatic rings. The lowest BCUT2D eigenvalue weighted by Gasteiger charge is -2.04. The van der Waals surface area contributed by atoms with Gasteiger partial charge in [-0.2, -0.15) is 0 Å². The molecule has 0 saturated carbocycles. The fourth-order valence-corrected chi connectivity index (χ4v) is 2.46. The summed E-state index contributed by atoms with van der Waals surface area (Å²) in [5.74, 6) is 0.320. The van der Waals surface area contributed by atoms with Crippen LogP contribution < -0.4 is 15.4 Å². The molecule has 0 spiro atoms.